The Kier molecular flexibility index (Phi) is 3.29. The molecule has 0 bridgehead atoms. The molecule has 2 aromatic heterocycles. The first-order valence-electron chi connectivity index (χ1n) is 6.72. The van der Waals surface area contributed by atoms with Crippen molar-refractivity contribution in [2.45, 2.75) is 25.8 Å². The summed E-state index contributed by atoms with van der Waals surface area (Å²) in [5.74, 6) is 0.680. The van der Waals surface area contributed by atoms with Gasteiger partial charge >= 0.3 is 0 Å². The molecule has 19 heavy (non-hydrogen) atoms. The molecule has 7 heteroatoms. The van der Waals surface area contributed by atoms with E-state index in [-0.39, 0.29) is 5.56 Å². The number of nitrogens with one attached hydrogen (secondary N) is 1. The summed E-state index contributed by atoms with van der Waals surface area (Å²) >= 11 is 0. The van der Waals surface area contributed by atoms with Gasteiger partial charge in [-0.15, -0.1) is 5.10 Å². The summed E-state index contributed by atoms with van der Waals surface area (Å²) in [5, 5.41) is 16.0. The van der Waals surface area contributed by atoms with E-state index in [2.05, 4.69) is 20.7 Å². The minimum absolute atomic E-state index is 0.0907. The molecule has 0 aromatic carbocycles. The lowest BCUT2D eigenvalue weighted by Gasteiger charge is -2.22. The quantitative estimate of drug-likeness (QED) is 0.836. The van der Waals surface area contributed by atoms with E-state index in [0.29, 0.717) is 23.5 Å². The van der Waals surface area contributed by atoms with Crippen LogP contribution < -0.4 is 10.9 Å². The Morgan fingerprint density at radius 1 is 1.42 bits per heavy atom. The van der Waals surface area contributed by atoms with Gasteiger partial charge in [-0.2, -0.15) is 5.10 Å². The van der Waals surface area contributed by atoms with E-state index in [4.69, 9.17) is 0 Å². The first-order chi connectivity index (χ1) is 9.25. The third-order valence-corrected chi connectivity index (χ3v) is 3.83. The molecule has 3 heterocycles. The molecule has 1 saturated heterocycles. The Hall–Kier alpha value is -1.76. The highest BCUT2D eigenvalue weighted by Gasteiger charge is 2.14. The van der Waals surface area contributed by atoms with Crippen molar-refractivity contribution in [3.63, 3.8) is 0 Å². The molecule has 1 fully saturated rings. The van der Waals surface area contributed by atoms with E-state index >= 15 is 0 Å². The van der Waals surface area contributed by atoms with Crippen molar-refractivity contribution in [2.75, 3.05) is 13.1 Å². The summed E-state index contributed by atoms with van der Waals surface area (Å²) in [7, 11) is 1.76. The van der Waals surface area contributed by atoms with E-state index in [0.717, 1.165) is 19.5 Å². The zero-order valence-electron chi connectivity index (χ0n) is 11.0. The molecule has 0 radical (unpaired) electrons. The molecule has 0 saturated carbocycles. The van der Waals surface area contributed by atoms with Gasteiger partial charge < -0.3 is 5.32 Å². The smallest absolute Gasteiger partial charge is 0.280 e. The highest BCUT2D eigenvalue weighted by molar-refractivity contribution is 5.72. The molecule has 1 N–H and O–H groups in total. The molecule has 0 amide bonds. The standard InChI is InChI=1S/C12H18N6O/c1-17-11-10(8-14-17)12(19)18(16-15-11)7-4-9-2-5-13-6-3-9/h8-9,13H,2-7H2,1H3. The second-order valence-corrected chi connectivity index (χ2v) is 5.11. The number of nitrogens with zero attached hydrogens (tertiary/aromatic N) is 5. The highest BCUT2D eigenvalue weighted by Crippen LogP contribution is 2.16. The number of fused-ring (bicyclic) bond motifs is 1. The van der Waals surface area contributed by atoms with Crippen LogP contribution in [0.5, 0.6) is 0 Å². The molecular weight excluding hydrogens is 244 g/mol. The SMILES string of the molecule is Cn1ncc2c(=O)n(CCC3CCNCC3)nnc21. The fraction of sp³-hybridized carbons (Fsp3) is 0.667. The van der Waals surface area contributed by atoms with Gasteiger partial charge in [0.15, 0.2) is 5.65 Å². The van der Waals surface area contributed by atoms with E-state index in [1.165, 1.54) is 17.5 Å². The van der Waals surface area contributed by atoms with Gasteiger partial charge in [-0.1, -0.05) is 5.21 Å². The molecule has 0 unspecified atom stereocenters. The summed E-state index contributed by atoms with van der Waals surface area (Å²) in [4.78, 5) is 12.2. The zero-order chi connectivity index (χ0) is 13.2. The van der Waals surface area contributed by atoms with Crippen molar-refractivity contribution in [3.05, 3.63) is 16.6 Å². The fourth-order valence-corrected chi connectivity index (χ4v) is 2.60. The summed E-state index contributed by atoms with van der Waals surface area (Å²) in [5.41, 5.74) is 0.454. The van der Waals surface area contributed by atoms with Crippen molar-refractivity contribution >= 4 is 11.0 Å². The number of aryl methyl sites for hydroxylation is 2. The van der Waals surface area contributed by atoms with Gasteiger partial charge in [0, 0.05) is 13.6 Å². The number of piperidine rings is 1. The van der Waals surface area contributed by atoms with Crippen LogP contribution in [0.25, 0.3) is 11.0 Å². The van der Waals surface area contributed by atoms with Crippen LogP contribution in [0.3, 0.4) is 0 Å². The Labute approximate surface area is 110 Å². The largest absolute Gasteiger partial charge is 0.317 e. The monoisotopic (exact) mass is 262 g/mol. The molecule has 1 aliphatic heterocycles. The lowest BCUT2D eigenvalue weighted by Crippen LogP contribution is -2.30. The predicted octanol–water partition coefficient (Wildman–Crippen LogP) is -0.0853. The van der Waals surface area contributed by atoms with Crippen molar-refractivity contribution in [1.29, 1.82) is 0 Å². The summed E-state index contributed by atoms with van der Waals surface area (Å²) < 4.78 is 3.03. The third-order valence-electron chi connectivity index (χ3n) is 3.83. The molecule has 0 spiro atoms. The summed E-state index contributed by atoms with van der Waals surface area (Å²) in [6, 6.07) is 0. The van der Waals surface area contributed by atoms with Crippen LogP contribution in [0.15, 0.2) is 11.0 Å². The Balaban J connectivity index is 1.77. The molecule has 2 aromatic rings. The number of rotatable bonds is 3. The Bertz CT molecular complexity index is 625. The molecule has 7 nitrogen and oxygen atoms in total. The maximum Gasteiger partial charge on any atom is 0.280 e. The highest BCUT2D eigenvalue weighted by atomic mass is 16.1. The molecule has 0 aliphatic carbocycles. The lowest BCUT2D eigenvalue weighted by molar-refractivity contribution is 0.327. The van der Waals surface area contributed by atoms with Crippen LogP contribution in [-0.4, -0.2) is 37.9 Å². The topological polar surface area (TPSA) is 77.6 Å². The second-order valence-electron chi connectivity index (χ2n) is 5.11. The van der Waals surface area contributed by atoms with Crippen LogP contribution in [0.1, 0.15) is 19.3 Å². The average molecular weight is 262 g/mol. The van der Waals surface area contributed by atoms with E-state index in [9.17, 15) is 4.79 Å². The molecule has 3 rings (SSSR count). The normalized spacial score (nSPS) is 17.1. The second kappa shape index (κ2) is 5.08. The lowest BCUT2D eigenvalue weighted by atomic mass is 9.95. The first kappa shape index (κ1) is 12.3. The molecule has 102 valence electrons. The van der Waals surface area contributed by atoms with E-state index < -0.39 is 0 Å². The minimum atomic E-state index is -0.0907. The van der Waals surface area contributed by atoms with E-state index in [1.54, 1.807) is 17.9 Å². The van der Waals surface area contributed by atoms with E-state index in [1.807, 2.05) is 0 Å². The fourth-order valence-electron chi connectivity index (χ4n) is 2.60. The van der Waals surface area contributed by atoms with Crippen LogP contribution in [0.2, 0.25) is 0 Å². The first-order valence-corrected chi connectivity index (χ1v) is 6.72. The van der Waals surface area contributed by atoms with Crippen LogP contribution >= 0.6 is 0 Å². The molecular formula is C12H18N6O. The Morgan fingerprint density at radius 2 is 2.21 bits per heavy atom. The molecule has 1 aliphatic rings. The zero-order valence-corrected chi connectivity index (χ0v) is 11.0. The van der Waals surface area contributed by atoms with Gasteiger partial charge in [0.1, 0.15) is 5.39 Å². The summed E-state index contributed by atoms with van der Waals surface area (Å²) in [6.07, 6.45) is 4.91. The third kappa shape index (κ3) is 2.37. The van der Waals surface area contributed by atoms with Crippen molar-refractivity contribution in [2.24, 2.45) is 13.0 Å². The maximum atomic E-state index is 12.2. The van der Waals surface area contributed by atoms with Crippen molar-refractivity contribution in [1.82, 2.24) is 30.1 Å². The van der Waals surface area contributed by atoms with Crippen LogP contribution in [-0.2, 0) is 13.6 Å². The number of hydrogen-bond acceptors (Lipinski definition) is 5. The number of hydrogen-bond donors (Lipinski definition) is 1. The van der Waals surface area contributed by atoms with Gasteiger partial charge in [0.2, 0.25) is 0 Å². The van der Waals surface area contributed by atoms with Crippen LogP contribution in [0.4, 0.5) is 0 Å². The number of aromatic nitrogens is 5. The predicted molar refractivity (Wildman–Crippen MR) is 70.8 cm³/mol. The van der Waals surface area contributed by atoms with Gasteiger partial charge in [-0.05, 0) is 38.3 Å². The van der Waals surface area contributed by atoms with Gasteiger partial charge in [0.05, 0.1) is 6.20 Å². The summed E-state index contributed by atoms with van der Waals surface area (Å²) in [6.45, 7) is 2.79. The minimum Gasteiger partial charge on any atom is -0.317 e. The molecule has 0 atom stereocenters. The Morgan fingerprint density at radius 3 is 3.00 bits per heavy atom. The van der Waals surface area contributed by atoms with Crippen LogP contribution in [0, 0.1) is 5.92 Å². The average Bonchev–Trinajstić information content (AvgIpc) is 2.82. The van der Waals surface area contributed by atoms with Gasteiger partial charge in [-0.25, -0.2) is 9.36 Å². The van der Waals surface area contributed by atoms with Crippen molar-refractivity contribution < 1.29 is 0 Å². The van der Waals surface area contributed by atoms with Gasteiger partial charge in [-0.3, -0.25) is 4.79 Å². The van der Waals surface area contributed by atoms with Crippen molar-refractivity contribution in [3.8, 4) is 0 Å². The maximum absolute atomic E-state index is 12.2. The van der Waals surface area contributed by atoms with Gasteiger partial charge in [0.25, 0.3) is 5.56 Å².